The number of benzene rings is 8. The third-order valence-corrected chi connectivity index (χ3v) is 11.8. The van der Waals surface area contributed by atoms with Gasteiger partial charge in [0.05, 0.1) is 5.56 Å². The second-order valence-electron chi connectivity index (χ2n) is 13.9. The second kappa shape index (κ2) is 13.3. The second-order valence-corrected chi connectivity index (χ2v) is 15.0. The SMILES string of the molecule is c1ccc(-c2nc(-c3ccccc3)nc(-c3cccc4c3oc3cc(-c5cc(-c6ccccc6-c6ccccc6)c6sc7ccccc7c6c5)ccc34)n2)cc1. The van der Waals surface area contributed by atoms with Gasteiger partial charge in [-0.05, 0) is 64.2 Å². The van der Waals surface area contributed by atoms with Gasteiger partial charge in [-0.1, -0.05) is 152 Å². The third kappa shape index (κ3) is 5.48. The van der Waals surface area contributed by atoms with Gasteiger partial charge in [0.2, 0.25) is 0 Å². The van der Waals surface area contributed by atoms with Crippen LogP contribution in [0.2, 0.25) is 0 Å². The summed E-state index contributed by atoms with van der Waals surface area (Å²) < 4.78 is 9.39. The van der Waals surface area contributed by atoms with Gasteiger partial charge in [-0.2, -0.15) is 0 Å². The number of furan rings is 1. The van der Waals surface area contributed by atoms with Gasteiger partial charge >= 0.3 is 0 Å². The van der Waals surface area contributed by atoms with E-state index in [1.807, 2.05) is 78.1 Å². The summed E-state index contributed by atoms with van der Waals surface area (Å²) in [5.74, 6) is 1.80. The van der Waals surface area contributed by atoms with Crippen molar-refractivity contribution in [2.45, 2.75) is 0 Å². The van der Waals surface area contributed by atoms with E-state index < -0.39 is 0 Å². The van der Waals surface area contributed by atoms with Gasteiger partial charge in [-0.25, -0.2) is 15.0 Å². The molecule has 0 aliphatic heterocycles. The maximum Gasteiger partial charge on any atom is 0.167 e. The van der Waals surface area contributed by atoms with Crippen molar-refractivity contribution in [3.05, 3.63) is 188 Å². The summed E-state index contributed by atoms with van der Waals surface area (Å²) in [7, 11) is 0. The quantitative estimate of drug-likeness (QED) is 0.171. The number of rotatable bonds is 6. The molecule has 8 aromatic carbocycles. The lowest BCUT2D eigenvalue weighted by molar-refractivity contribution is 0.669. The van der Waals surface area contributed by atoms with Gasteiger partial charge < -0.3 is 4.42 Å². The van der Waals surface area contributed by atoms with Crippen molar-refractivity contribution in [1.82, 2.24) is 15.0 Å². The Labute approximate surface area is 327 Å². The number of hydrogen-bond donors (Lipinski definition) is 0. The molecule has 3 aromatic heterocycles. The third-order valence-electron chi connectivity index (χ3n) is 10.6. The fraction of sp³-hybridized carbons (Fsp3) is 0. The first-order valence-electron chi connectivity index (χ1n) is 18.7. The Morgan fingerprint density at radius 2 is 0.929 bits per heavy atom. The molecule has 11 rings (SSSR count). The van der Waals surface area contributed by atoms with Crippen LogP contribution in [0.1, 0.15) is 0 Å². The zero-order valence-corrected chi connectivity index (χ0v) is 30.9. The molecule has 0 amide bonds. The van der Waals surface area contributed by atoms with Crippen LogP contribution < -0.4 is 0 Å². The van der Waals surface area contributed by atoms with Gasteiger partial charge in [0.25, 0.3) is 0 Å². The summed E-state index contributed by atoms with van der Waals surface area (Å²) in [5.41, 5.74) is 11.3. The first-order valence-corrected chi connectivity index (χ1v) is 19.5. The van der Waals surface area contributed by atoms with Crippen LogP contribution >= 0.6 is 11.3 Å². The van der Waals surface area contributed by atoms with Crippen LogP contribution in [-0.4, -0.2) is 15.0 Å². The highest BCUT2D eigenvalue weighted by Gasteiger charge is 2.20. The van der Waals surface area contributed by atoms with E-state index in [9.17, 15) is 0 Å². The molecule has 0 spiro atoms. The van der Waals surface area contributed by atoms with Crippen LogP contribution in [0.4, 0.5) is 0 Å². The molecule has 3 heterocycles. The van der Waals surface area contributed by atoms with Gasteiger partial charge in [-0.3, -0.25) is 0 Å². The van der Waals surface area contributed by atoms with E-state index in [2.05, 4.69) is 121 Å². The molecule has 11 aromatic rings. The Morgan fingerprint density at radius 1 is 0.339 bits per heavy atom. The van der Waals surface area contributed by atoms with Crippen LogP contribution in [-0.2, 0) is 0 Å². The maximum absolute atomic E-state index is 6.83. The lowest BCUT2D eigenvalue weighted by atomic mass is 9.91. The molecule has 0 aliphatic rings. The molecule has 0 radical (unpaired) electrons. The smallest absolute Gasteiger partial charge is 0.167 e. The van der Waals surface area contributed by atoms with Gasteiger partial charge in [-0.15, -0.1) is 11.3 Å². The molecule has 0 bridgehead atoms. The average molecular weight is 734 g/mol. The highest BCUT2D eigenvalue weighted by atomic mass is 32.1. The number of aromatic nitrogens is 3. The van der Waals surface area contributed by atoms with E-state index in [0.717, 1.165) is 49.8 Å². The lowest BCUT2D eigenvalue weighted by Gasteiger charge is -2.13. The predicted octanol–water partition coefficient (Wildman–Crippen LogP) is 14.1. The van der Waals surface area contributed by atoms with Gasteiger partial charge in [0.15, 0.2) is 17.5 Å². The molecule has 0 N–H and O–H groups in total. The minimum Gasteiger partial charge on any atom is -0.455 e. The fourth-order valence-corrected chi connectivity index (χ4v) is 9.08. The predicted molar refractivity (Wildman–Crippen MR) is 233 cm³/mol. The maximum atomic E-state index is 6.83. The highest BCUT2D eigenvalue weighted by molar-refractivity contribution is 7.26. The molecule has 0 atom stereocenters. The van der Waals surface area contributed by atoms with Crippen LogP contribution in [0.5, 0.6) is 0 Å². The van der Waals surface area contributed by atoms with Crippen molar-refractivity contribution in [3.63, 3.8) is 0 Å². The van der Waals surface area contributed by atoms with Crippen molar-refractivity contribution in [2.75, 3.05) is 0 Å². The van der Waals surface area contributed by atoms with Crippen LogP contribution in [0, 0.1) is 0 Å². The first kappa shape index (κ1) is 32.2. The van der Waals surface area contributed by atoms with E-state index in [4.69, 9.17) is 19.4 Å². The zero-order valence-electron chi connectivity index (χ0n) is 30.1. The molecule has 56 heavy (non-hydrogen) atoms. The minimum absolute atomic E-state index is 0.569. The van der Waals surface area contributed by atoms with Crippen molar-refractivity contribution < 1.29 is 4.42 Å². The molecular weight excluding hydrogens is 703 g/mol. The summed E-state index contributed by atoms with van der Waals surface area (Å²) >= 11 is 1.86. The van der Waals surface area contributed by atoms with E-state index >= 15 is 0 Å². The number of thiophene rings is 1. The molecule has 5 heteroatoms. The molecule has 4 nitrogen and oxygen atoms in total. The number of para-hydroxylation sites is 1. The summed E-state index contributed by atoms with van der Waals surface area (Å²) in [6.45, 7) is 0. The summed E-state index contributed by atoms with van der Waals surface area (Å²) in [6, 6.07) is 65.8. The molecule has 0 fully saturated rings. The average Bonchev–Trinajstić information content (AvgIpc) is 3.85. The van der Waals surface area contributed by atoms with Crippen molar-refractivity contribution in [1.29, 1.82) is 0 Å². The van der Waals surface area contributed by atoms with Crippen LogP contribution in [0.15, 0.2) is 192 Å². The lowest BCUT2D eigenvalue weighted by Crippen LogP contribution is -2.00. The summed E-state index contributed by atoms with van der Waals surface area (Å²) in [5, 5.41) is 4.59. The highest BCUT2D eigenvalue weighted by Crippen LogP contribution is 2.46. The Morgan fingerprint density at radius 3 is 1.66 bits per heavy atom. The van der Waals surface area contributed by atoms with Crippen molar-refractivity contribution >= 4 is 53.4 Å². The topological polar surface area (TPSA) is 51.8 Å². The number of hydrogen-bond acceptors (Lipinski definition) is 5. The molecule has 0 unspecified atom stereocenters. The zero-order chi connectivity index (χ0) is 37.0. The van der Waals surface area contributed by atoms with E-state index in [0.29, 0.717) is 17.5 Å². The molecule has 0 saturated carbocycles. The number of nitrogens with zero attached hydrogens (tertiary/aromatic N) is 3. The van der Waals surface area contributed by atoms with E-state index in [1.165, 1.54) is 42.4 Å². The van der Waals surface area contributed by atoms with Gasteiger partial charge in [0.1, 0.15) is 11.2 Å². The normalized spacial score (nSPS) is 11.6. The van der Waals surface area contributed by atoms with Crippen molar-refractivity contribution in [2.24, 2.45) is 0 Å². The van der Waals surface area contributed by atoms with E-state index in [1.54, 1.807) is 0 Å². The van der Waals surface area contributed by atoms with Gasteiger partial charge in [0, 0.05) is 47.6 Å². The standard InChI is InChI=1S/C51H31N3OS/c1-4-15-32(16-5-1)37-21-10-11-22-38(37)43-29-36(30-44-40-23-12-13-26-46(40)56-48(43)44)35-27-28-39-41-24-14-25-42(47(41)55-45(39)31-35)51-53-49(33-17-6-2-7-18-33)52-50(54-51)34-19-8-3-9-20-34/h1-31H. The summed E-state index contributed by atoms with van der Waals surface area (Å²) in [4.78, 5) is 14.9. The minimum atomic E-state index is 0.569. The Kier molecular flexibility index (Phi) is 7.64. The Bertz CT molecular complexity index is 3180. The van der Waals surface area contributed by atoms with Crippen LogP contribution in [0.3, 0.4) is 0 Å². The van der Waals surface area contributed by atoms with Crippen LogP contribution in [0.25, 0.3) is 110 Å². The Balaban J connectivity index is 1.09. The Hall–Kier alpha value is -7.21. The summed E-state index contributed by atoms with van der Waals surface area (Å²) in [6.07, 6.45) is 0. The van der Waals surface area contributed by atoms with E-state index in [-0.39, 0.29) is 0 Å². The molecule has 262 valence electrons. The monoisotopic (exact) mass is 733 g/mol. The molecule has 0 saturated heterocycles. The largest absolute Gasteiger partial charge is 0.455 e. The van der Waals surface area contributed by atoms with Crippen molar-refractivity contribution in [3.8, 4) is 67.5 Å². The first-order chi connectivity index (χ1) is 27.7. The fourth-order valence-electron chi connectivity index (χ4n) is 7.86. The number of fused-ring (bicyclic) bond motifs is 6. The molecule has 0 aliphatic carbocycles. The molecular formula is C51H31N3OS.